The molecule has 2 saturated carbocycles. The van der Waals surface area contributed by atoms with Gasteiger partial charge in [0.2, 0.25) is 0 Å². The second-order valence-electron chi connectivity index (χ2n) is 7.12. The molecule has 0 saturated heterocycles. The lowest BCUT2D eigenvalue weighted by Gasteiger charge is -2.19. The molecule has 0 heterocycles. The molecule has 1 unspecified atom stereocenters. The minimum absolute atomic E-state index is 1.07. The predicted octanol–water partition coefficient (Wildman–Crippen LogP) is 6.84. The monoisotopic (exact) mass is 263 g/mol. The van der Waals surface area contributed by atoms with Gasteiger partial charge in [-0.15, -0.1) is 0 Å². The average Bonchev–Trinajstić information content (AvgIpc) is 2.53. The molecule has 0 aromatic carbocycles. The van der Waals surface area contributed by atoms with Crippen LogP contribution in [0.2, 0.25) is 0 Å². The van der Waals surface area contributed by atoms with E-state index in [2.05, 4.69) is 0 Å². The first-order chi connectivity index (χ1) is 9.45. The lowest BCUT2D eigenvalue weighted by molar-refractivity contribution is 0.380. The Bertz CT molecular complexity index is 186. The van der Waals surface area contributed by atoms with Crippen LogP contribution in [0.4, 0.5) is 0 Å². The van der Waals surface area contributed by atoms with Crippen LogP contribution in [0.1, 0.15) is 109 Å². The normalized spacial score (nSPS) is 30.0. The third-order valence-electron chi connectivity index (χ3n) is 5.44. The Hall–Kier alpha value is 0. The van der Waals surface area contributed by atoms with E-state index < -0.39 is 0 Å². The summed E-state index contributed by atoms with van der Waals surface area (Å²) in [5.41, 5.74) is 0. The number of fused-ring (bicyclic) bond motifs is 3. The molecule has 2 aliphatic rings. The standard InChI is InChI=1S/C19H35/c1-2-4-6-9-13-19-15-11-7-10-14-18(16-17-19)12-8-5-3-1/h18H,1-17H2. The fourth-order valence-corrected chi connectivity index (χ4v) is 4.07. The van der Waals surface area contributed by atoms with E-state index in [-0.39, 0.29) is 0 Å². The van der Waals surface area contributed by atoms with Crippen LogP contribution in [0.3, 0.4) is 0 Å². The van der Waals surface area contributed by atoms with Crippen molar-refractivity contribution in [2.45, 2.75) is 109 Å². The molecule has 0 aromatic heterocycles. The highest BCUT2D eigenvalue weighted by Gasteiger charge is 2.16. The maximum atomic E-state index is 1.93. The Morgan fingerprint density at radius 2 is 0.895 bits per heavy atom. The molecule has 1 radical (unpaired) electrons. The second kappa shape index (κ2) is 9.83. The van der Waals surface area contributed by atoms with Crippen molar-refractivity contribution in [3.05, 3.63) is 5.92 Å². The largest absolute Gasteiger partial charge is 0.0533 e. The van der Waals surface area contributed by atoms with Crippen LogP contribution in [0.5, 0.6) is 0 Å². The first-order valence-electron chi connectivity index (χ1n) is 9.29. The molecule has 0 heteroatoms. The maximum absolute atomic E-state index is 1.93. The first-order valence-corrected chi connectivity index (χ1v) is 9.29. The molecule has 2 rings (SSSR count). The zero-order valence-corrected chi connectivity index (χ0v) is 13.1. The van der Waals surface area contributed by atoms with Crippen LogP contribution < -0.4 is 0 Å². The van der Waals surface area contributed by atoms with Gasteiger partial charge in [0.1, 0.15) is 0 Å². The molecule has 2 bridgehead atoms. The molecule has 2 aliphatic carbocycles. The number of rotatable bonds is 0. The summed E-state index contributed by atoms with van der Waals surface area (Å²) in [5, 5.41) is 0. The van der Waals surface area contributed by atoms with Gasteiger partial charge in [0.05, 0.1) is 0 Å². The Balaban J connectivity index is 1.82. The molecule has 0 amide bonds. The molecule has 0 nitrogen and oxygen atoms in total. The topological polar surface area (TPSA) is 0 Å². The Morgan fingerprint density at radius 1 is 0.421 bits per heavy atom. The summed E-state index contributed by atoms with van der Waals surface area (Å²) in [4.78, 5) is 0. The molecule has 0 aliphatic heterocycles. The summed E-state index contributed by atoms with van der Waals surface area (Å²) in [5.74, 6) is 3.00. The van der Waals surface area contributed by atoms with Gasteiger partial charge in [-0.25, -0.2) is 0 Å². The summed E-state index contributed by atoms with van der Waals surface area (Å²) in [6.45, 7) is 0. The molecule has 0 aromatic rings. The Labute approximate surface area is 121 Å². The van der Waals surface area contributed by atoms with Crippen LogP contribution in [0, 0.1) is 11.8 Å². The highest BCUT2D eigenvalue weighted by Crippen LogP contribution is 2.32. The van der Waals surface area contributed by atoms with Crippen LogP contribution >= 0.6 is 0 Å². The van der Waals surface area contributed by atoms with Crippen molar-refractivity contribution in [1.82, 2.24) is 0 Å². The third kappa shape index (κ3) is 6.82. The smallest absolute Gasteiger partial charge is 0.0241 e. The Morgan fingerprint density at radius 3 is 1.53 bits per heavy atom. The van der Waals surface area contributed by atoms with Crippen LogP contribution in [0.15, 0.2) is 0 Å². The molecule has 0 N–H and O–H groups in total. The third-order valence-corrected chi connectivity index (χ3v) is 5.44. The lowest BCUT2D eigenvalue weighted by atomic mass is 9.86. The Kier molecular flexibility index (Phi) is 7.97. The van der Waals surface area contributed by atoms with Gasteiger partial charge in [0.15, 0.2) is 0 Å². The molecule has 2 fully saturated rings. The van der Waals surface area contributed by atoms with Crippen molar-refractivity contribution in [3.63, 3.8) is 0 Å². The van der Waals surface area contributed by atoms with E-state index in [0.29, 0.717) is 0 Å². The summed E-state index contributed by atoms with van der Waals surface area (Å²) >= 11 is 0. The van der Waals surface area contributed by atoms with E-state index in [1.807, 2.05) is 5.92 Å². The lowest BCUT2D eigenvalue weighted by Crippen LogP contribution is -2.04. The van der Waals surface area contributed by atoms with Crippen molar-refractivity contribution < 1.29 is 0 Å². The highest BCUT2D eigenvalue weighted by atomic mass is 14.2. The molecule has 1 atom stereocenters. The van der Waals surface area contributed by atoms with Crippen molar-refractivity contribution in [3.8, 4) is 0 Å². The quantitative estimate of drug-likeness (QED) is 0.449. The predicted molar refractivity (Wildman–Crippen MR) is 85.2 cm³/mol. The number of hydrogen-bond acceptors (Lipinski definition) is 0. The molecular formula is C19H35. The number of hydrogen-bond donors (Lipinski definition) is 0. The van der Waals surface area contributed by atoms with Crippen molar-refractivity contribution in [1.29, 1.82) is 0 Å². The van der Waals surface area contributed by atoms with Gasteiger partial charge < -0.3 is 0 Å². The minimum Gasteiger partial charge on any atom is -0.0533 e. The zero-order chi connectivity index (χ0) is 13.2. The summed E-state index contributed by atoms with van der Waals surface area (Å²) in [6, 6.07) is 0. The fraction of sp³-hybridized carbons (Fsp3) is 0.947. The average molecular weight is 263 g/mol. The van der Waals surface area contributed by atoms with Gasteiger partial charge in [0.25, 0.3) is 0 Å². The molecule has 19 heavy (non-hydrogen) atoms. The van der Waals surface area contributed by atoms with Crippen LogP contribution in [0.25, 0.3) is 0 Å². The van der Waals surface area contributed by atoms with Gasteiger partial charge in [-0.2, -0.15) is 0 Å². The van der Waals surface area contributed by atoms with Crippen molar-refractivity contribution in [2.75, 3.05) is 0 Å². The zero-order valence-electron chi connectivity index (χ0n) is 13.1. The van der Waals surface area contributed by atoms with Gasteiger partial charge >= 0.3 is 0 Å². The minimum atomic E-state index is 1.07. The van der Waals surface area contributed by atoms with Crippen molar-refractivity contribution in [2.24, 2.45) is 5.92 Å². The fourth-order valence-electron chi connectivity index (χ4n) is 4.07. The summed E-state index contributed by atoms with van der Waals surface area (Å²) in [7, 11) is 0. The molecule has 111 valence electrons. The SMILES string of the molecule is C1CCCCCC2CCCCC[C](CCCC1)CC2. The van der Waals surface area contributed by atoms with E-state index in [0.717, 1.165) is 5.92 Å². The molecule has 0 spiro atoms. The van der Waals surface area contributed by atoms with E-state index in [1.54, 1.807) is 0 Å². The summed E-state index contributed by atoms with van der Waals surface area (Å²) in [6.07, 6.45) is 25.5. The summed E-state index contributed by atoms with van der Waals surface area (Å²) < 4.78 is 0. The van der Waals surface area contributed by atoms with Gasteiger partial charge in [-0.3, -0.25) is 0 Å². The van der Waals surface area contributed by atoms with Crippen molar-refractivity contribution >= 4 is 0 Å². The van der Waals surface area contributed by atoms with Crippen LogP contribution in [-0.2, 0) is 0 Å². The van der Waals surface area contributed by atoms with E-state index in [4.69, 9.17) is 0 Å². The van der Waals surface area contributed by atoms with E-state index >= 15 is 0 Å². The second-order valence-corrected chi connectivity index (χ2v) is 7.12. The van der Waals surface area contributed by atoms with Gasteiger partial charge in [-0.1, -0.05) is 83.5 Å². The van der Waals surface area contributed by atoms with Gasteiger partial charge in [0, 0.05) is 0 Å². The van der Waals surface area contributed by atoms with Crippen LogP contribution in [-0.4, -0.2) is 0 Å². The molecular weight excluding hydrogens is 228 g/mol. The maximum Gasteiger partial charge on any atom is -0.0241 e. The highest BCUT2D eigenvalue weighted by molar-refractivity contribution is 4.90. The van der Waals surface area contributed by atoms with E-state index in [9.17, 15) is 0 Å². The van der Waals surface area contributed by atoms with Gasteiger partial charge in [-0.05, 0) is 37.5 Å². The first kappa shape index (κ1) is 15.4. The van der Waals surface area contributed by atoms with E-state index in [1.165, 1.54) is 109 Å².